The summed E-state index contributed by atoms with van der Waals surface area (Å²) in [6.07, 6.45) is 4.31. The van der Waals surface area contributed by atoms with E-state index in [0.717, 1.165) is 5.69 Å². The molecule has 9 heteroatoms. The predicted octanol–water partition coefficient (Wildman–Crippen LogP) is 2.14. The van der Waals surface area contributed by atoms with Gasteiger partial charge in [0.15, 0.2) is 5.65 Å². The summed E-state index contributed by atoms with van der Waals surface area (Å²) in [7, 11) is 0. The van der Waals surface area contributed by atoms with E-state index >= 15 is 0 Å². The molecule has 0 atom stereocenters. The standard InChI is InChI=1S/C18H14ClN5O3/c19-12-3-5-13(6-4-12)24-17-15(9-22-24)18(26)23(11-21-17)10-16(25)20-8-14-2-1-7-27-14/h1-7,9,11H,8,10H2,(H,20,25). The molecule has 1 aromatic carbocycles. The molecule has 0 fully saturated rings. The summed E-state index contributed by atoms with van der Waals surface area (Å²) in [5.41, 5.74) is 0.804. The summed E-state index contributed by atoms with van der Waals surface area (Å²) in [6.45, 7) is 0.110. The smallest absolute Gasteiger partial charge is 0.264 e. The van der Waals surface area contributed by atoms with Crippen LogP contribution >= 0.6 is 11.6 Å². The van der Waals surface area contributed by atoms with Crippen LogP contribution in [0.2, 0.25) is 5.02 Å². The lowest BCUT2D eigenvalue weighted by Crippen LogP contribution is -2.32. The first-order valence-corrected chi connectivity index (χ1v) is 8.48. The van der Waals surface area contributed by atoms with E-state index in [0.29, 0.717) is 21.8 Å². The molecule has 0 bridgehead atoms. The van der Waals surface area contributed by atoms with Gasteiger partial charge in [0, 0.05) is 5.02 Å². The number of halogens is 1. The fraction of sp³-hybridized carbons (Fsp3) is 0.111. The first-order chi connectivity index (χ1) is 13.1. The molecule has 27 heavy (non-hydrogen) atoms. The predicted molar refractivity (Wildman–Crippen MR) is 98.7 cm³/mol. The molecule has 0 saturated carbocycles. The molecule has 0 aliphatic heterocycles. The number of benzene rings is 1. The van der Waals surface area contributed by atoms with Crippen LogP contribution in [0.3, 0.4) is 0 Å². The second kappa shape index (κ2) is 7.08. The van der Waals surface area contributed by atoms with Crippen LogP contribution in [0.15, 0.2) is 64.4 Å². The van der Waals surface area contributed by atoms with E-state index in [4.69, 9.17) is 16.0 Å². The fourth-order valence-corrected chi connectivity index (χ4v) is 2.77. The Morgan fingerprint density at radius 3 is 2.78 bits per heavy atom. The van der Waals surface area contributed by atoms with Gasteiger partial charge in [-0.1, -0.05) is 11.6 Å². The van der Waals surface area contributed by atoms with Crippen LogP contribution in [0, 0.1) is 0 Å². The van der Waals surface area contributed by atoms with E-state index in [1.54, 1.807) is 41.1 Å². The lowest BCUT2D eigenvalue weighted by Gasteiger charge is -2.07. The average molecular weight is 384 g/mol. The van der Waals surface area contributed by atoms with Gasteiger partial charge in [-0.2, -0.15) is 5.10 Å². The third kappa shape index (κ3) is 3.47. The van der Waals surface area contributed by atoms with Crippen LogP contribution in [-0.4, -0.2) is 25.2 Å². The minimum absolute atomic E-state index is 0.144. The van der Waals surface area contributed by atoms with Crippen molar-refractivity contribution in [3.63, 3.8) is 0 Å². The summed E-state index contributed by atoms with van der Waals surface area (Å²) in [6, 6.07) is 10.5. The normalized spacial score (nSPS) is 11.0. The highest BCUT2D eigenvalue weighted by molar-refractivity contribution is 6.30. The number of aromatic nitrogens is 4. The molecule has 0 radical (unpaired) electrons. The Kier molecular flexibility index (Phi) is 4.47. The Labute approximate surface area is 158 Å². The van der Waals surface area contributed by atoms with Gasteiger partial charge in [-0.25, -0.2) is 9.67 Å². The van der Waals surface area contributed by atoms with Crippen LogP contribution in [-0.2, 0) is 17.9 Å². The lowest BCUT2D eigenvalue weighted by atomic mass is 10.3. The Hall–Kier alpha value is -3.39. The molecule has 0 unspecified atom stereocenters. The molecule has 3 aromatic heterocycles. The van der Waals surface area contributed by atoms with Crippen molar-refractivity contribution >= 4 is 28.5 Å². The van der Waals surface area contributed by atoms with E-state index in [9.17, 15) is 9.59 Å². The molecular weight excluding hydrogens is 370 g/mol. The van der Waals surface area contributed by atoms with Crippen molar-refractivity contribution in [3.8, 4) is 5.69 Å². The third-order valence-electron chi connectivity index (χ3n) is 3.98. The summed E-state index contributed by atoms with van der Waals surface area (Å²) in [4.78, 5) is 29.0. The number of carbonyl (C=O) groups excluding carboxylic acids is 1. The van der Waals surface area contributed by atoms with Crippen molar-refractivity contribution < 1.29 is 9.21 Å². The van der Waals surface area contributed by atoms with Gasteiger partial charge in [0.05, 0.1) is 24.7 Å². The number of hydrogen-bond donors (Lipinski definition) is 1. The molecule has 136 valence electrons. The van der Waals surface area contributed by atoms with Gasteiger partial charge in [0.25, 0.3) is 5.56 Å². The number of amides is 1. The van der Waals surface area contributed by atoms with Crippen molar-refractivity contribution in [3.05, 3.63) is 76.3 Å². The minimum Gasteiger partial charge on any atom is -0.467 e. The highest BCUT2D eigenvalue weighted by Gasteiger charge is 2.13. The summed E-state index contributed by atoms with van der Waals surface area (Å²) < 4.78 is 7.95. The molecule has 8 nitrogen and oxygen atoms in total. The molecule has 0 spiro atoms. The van der Waals surface area contributed by atoms with Gasteiger partial charge in [0.2, 0.25) is 5.91 Å². The highest BCUT2D eigenvalue weighted by atomic mass is 35.5. The minimum atomic E-state index is -0.339. The molecule has 0 saturated heterocycles. The second-order valence-electron chi connectivity index (χ2n) is 5.80. The zero-order valence-corrected chi connectivity index (χ0v) is 14.8. The highest BCUT2D eigenvalue weighted by Crippen LogP contribution is 2.16. The molecule has 0 aliphatic rings. The Morgan fingerprint density at radius 1 is 1.22 bits per heavy atom. The van der Waals surface area contributed by atoms with Gasteiger partial charge in [-0.05, 0) is 36.4 Å². The second-order valence-corrected chi connectivity index (χ2v) is 6.24. The Morgan fingerprint density at radius 2 is 2.04 bits per heavy atom. The Bertz CT molecular complexity index is 1150. The van der Waals surface area contributed by atoms with Crippen LogP contribution in [0.5, 0.6) is 0 Å². The van der Waals surface area contributed by atoms with Crippen LogP contribution < -0.4 is 10.9 Å². The first kappa shape index (κ1) is 17.0. The summed E-state index contributed by atoms with van der Waals surface area (Å²) >= 11 is 5.90. The van der Waals surface area contributed by atoms with Crippen molar-refractivity contribution in [1.82, 2.24) is 24.6 Å². The van der Waals surface area contributed by atoms with Gasteiger partial charge in [-0.15, -0.1) is 0 Å². The van der Waals surface area contributed by atoms with E-state index in [-0.39, 0.29) is 24.6 Å². The van der Waals surface area contributed by atoms with E-state index < -0.39 is 0 Å². The number of rotatable bonds is 5. The van der Waals surface area contributed by atoms with Crippen molar-refractivity contribution in [2.75, 3.05) is 0 Å². The lowest BCUT2D eigenvalue weighted by molar-refractivity contribution is -0.122. The average Bonchev–Trinajstić information content (AvgIpc) is 3.33. The van der Waals surface area contributed by atoms with E-state index in [1.807, 2.05) is 0 Å². The van der Waals surface area contributed by atoms with Crippen LogP contribution in [0.4, 0.5) is 0 Å². The number of nitrogens with one attached hydrogen (secondary N) is 1. The zero-order chi connectivity index (χ0) is 18.8. The summed E-state index contributed by atoms with van der Waals surface area (Å²) in [5.74, 6) is 0.313. The first-order valence-electron chi connectivity index (χ1n) is 8.10. The van der Waals surface area contributed by atoms with Gasteiger partial charge in [-0.3, -0.25) is 14.2 Å². The number of hydrogen-bond acceptors (Lipinski definition) is 5. The maximum Gasteiger partial charge on any atom is 0.264 e. The molecule has 4 aromatic rings. The third-order valence-corrected chi connectivity index (χ3v) is 4.23. The van der Waals surface area contributed by atoms with Crippen molar-refractivity contribution in [2.45, 2.75) is 13.1 Å². The molecule has 1 amide bonds. The number of carbonyl (C=O) groups is 1. The maximum absolute atomic E-state index is 12.6. The van der Waals surface area contributed by atoms with Crippen molar-refractivity contribution in [1.29, 1.82) is 0 Å². The molecular formula is C18H14ClN5O3. The SMILES string of the molecule is O=C(Cn1cnc2c(cnn2-c2ccc(Cl)cc2)c1=O)NCc1ccco1. The number of furan rings is 1. The van der Waals surface area contributed by atoms with Gasteiger partial charge < -0.3 is 9.73 Å². The number of fused-ring (bicyclic) bond motifs is 1. The number of nitrogens with zero attached hydrogens (tertiary/aromatic N) is 4. The zero-order valence-electron chi connectivity index (χ0n) is 14.0. The molecule has 3 heterocycles. The quantitative estimate of drug-likeness (QED) is 0.569. The topological polar surface area (TPSA) is 95.0 Å². The molecule has 0 aliphatic carbocycles. The Balaban J connectivity index is 1.56. The largest absolute Gasteiger partial charge is 0.467 e. The van der Waals surface area contributed by atoms with E-state index in [2.05, 4.69) is 15.4 Å². The molecule has 4 rings (SSSR count). The van der Waals surface area contributed by atoms with Gasteiger partial charge >= 0.3 is 0 Å². The fourth-order valence-electron chi connectivity index (χ4n) is 2.64. The van der Waals surface area contributed by atoms with Crippen LogP contribution in [0.25, 0.3) is 16.7 Å². The molecule has 1 N–H and O–H groups in total. The van der Waals surface area contributed by atoms with Gasteiger partial charge in [0.1, 0.15) is 24.0 Å². The van der Waals surface area contributed by atoms with Crippen molar-refractivity contribution in [2.24, 2.45) is 0 Å². The summed E-state index contributed by atoms with van der Waals surface area (Å²) in [5, 5.41) is 7.85. The van der Waals surface area contributed by atoms with E-state index in [1.165, 1.54) is 23.4 Å². The monoisotopic (exact) mass is 383 g/mol. The van der Waals surface area contributed by atoms with Crippen LogP contribution in [0.1, 0.15) is 5.76 Å². The maximum atomic E-state index is 12.6.